The minimum absolute atomic E-state index is 0.0741. The number of carboxylic acid groups (broad SMARTS) is 1. The number of hydrogen-bond acceptors (Lipinski definition) is 1. The van der Waals surface area contributed by atoms with Gasteiger partial charge in [-0.1, -0.05) is 144 Å². The lowest BCUT2D eigenvalue weighted by molar-refractivity contribution is -0.137. The molecule has 0 aromatic carbocycles. The first-order valence-electron chi connectivity index (χ1n) is 17.1. The monoisotopic (exact) mass is 502 g/mol. The zero-order chi connectivity index (χ0) is 31.6. The van der Waals surface area contributed by atoms with Gasteiger partial charge in [0.1, 0.15) is 0 Å². The number of hydrogen-bond donors (Lipinski definition) is 1. The quantitative estimate of drug-likeness (QED) is 0.0943. The van der Waals surface area contributed by atoms with Gasteiger partial charge in [0.2, 0.25) is 0 Å². The maximum Gasteiger partial charge on any atom is 0.303 e. The molecule has 0 heterocycles. The van der Waals surface area contributed by atoms with Gasteiger partial charge >= 0.3 is 5.97 Å². The molecule has 0 aliphatic heterocycles. The van der Waals surface area contributed by atoms with Gasteiger partial charge in [-0.2, -0.15) is 0 Å². The average molecular weight is 503 g/mol. The van der Waals surface area contributed by atoms with Crippen molar-refractivity contribution in [3.8, 4) is 0 Å². The fraction of sp³-hybridized carbons (Fsp3) is 0.618. The van der Waals surface area contributed by atoms with Crippen LogP contribution in [0.3, 0.4) is 0 Å². The van der Waals surface area contributed by atoms with E-state index in [-0.39, 0.29) is 6.42 Å². The van der Waals surface area contributed by atoms with Crippen LogP contribution in [0.25, 0.3) is 0 Å². The highest BCUT2D eigenvalue weighted by molar-refractivity contribution is 5.66. The maximum atomic E-state index is 10.7. The third-order valence-electron chi connectivity index (χ3n) is 5.41. The topological polar surface area (TPSA) is 37.3 Å². The zero-order valence-corrected chi connectivity index (χ0v) is 22.8. The van der Waals surface area contributed by atoms with Crippen LogP contribution in [0, 0.1) is 0 Å². The molecular formula is C34H56O2. The first-order valence-corrected chi connectivity index (χ1v) is 14.1. The summed E-state index contributed by atoms with van der Waals surface area (Å²) in [6.07, 6.45) is 31.5. The maximum absolute atomic E-state index is 10.7. The summed E-state index contributed by atoms with van der Waals surface area (Å²) in [6.45, 7) is 2.15. The number of allylic oxidation sites excluding steroid dienone is 12. The lowest BCUT2D eigenvalue weighted by Gasteiger charge is -2.02. The third-order valence-corrected chi connectivity index (χ3v) is 5.41. The van der Waals surface area contributed by atoms with Gasteiger partial charge < -0.3 is 5.11 Å². The molecule has 0 spiro atoms. The lowest BCUT2D eigenvalue weighted by Crippen LogP contribution is -1.93. The first-order chi connectivity index (χ1) is 20.0. The Bertz CT molecular complexity index is 869. The van der Waals surface area contributed by atoms with Crippen LogP contribution >= 0.6 is 0 Å². The number of unbranched alkanes of at least 4 members (excludes halogenated alkanes) is 7. The summed E-state index contributed by atoms with van der Waals surface area (Å²) in [5, 5.41) is 8.76. The highest BCUT2D eigenvalue weighted by atomic mass is 16.4. The summed E-state index contributed by atoms with van der Waals surface area (Å²) < 4.78 is 48.0. The van der Waals surface area contributed by atoms with Crippen LogP contribution in [-0.4, -0.2) is 11.1 Å². The normalized spacial score (nSPS) is 16.4. The summed E-state index contributed by atoms with van der Waals surface area (Å²) in [6, 6.07) is 0. The van der Waals surface area contributed by atoms with Crippen molar-refractivity contribution in [3.05, 3.63) is 72.9 Å². The average Bonchev–Trinajstić information content (AvgIpc) is 2.93. The van der Waals surface area contributed by atoms with E-state index in [0.717, 1.165) is 83.5 Å². The molecular weight excluding hydrogens is 440 g/mol. The fourth-order valence-corrected chi connectivity index (χ4v) is 3.36. The van der Waals surface area contributed by atoms with Crippen LogP contribution in [0.15, 0.2) is 72.9 Å². The van der Waals surface area contributed by atoms with Crippen LogP contribution in [0.5, 0.6) is 0 Å². The molecule has 0 aliphatic carbocycles. The van der Waals surface area contributed by atoms with E-state index in [4.69, 9.17) is 13.3 Å². The predicted octanol–water partition coefficient (Wildman–Crippen LogP) is 11.2. The molecule has 0 amide bonds. The standard InChI is InChI=1S/C34H56O2/c1-2-3-4-5-6-7-8-9-10-11-12-13-14-15-16-17-18-19-20-21-22-23-24-25-26-27-28-29-30-31-32-33-34(35)36/h3-4,6-7,9-10,12-13,15-16,18-19H,2,5,8,11,14,17,20-33H2,1H3,(H,35,36)/b4-3-,7-6-,10-9-,13-12-,16-15-,19-18-/i29D2,30D2,31D2. The Morgan fingerprint density at radius 2 is 0.917 bits per heavy atom. The molecule has 2 heteroatoms. The Labute approximate surface area is 232 Å². The summed E-state index contributed by atoms with van der Waals surface area (Å²) in [7, 11) is 0. The minimum Gasteiger partial charge on any atom is -0.481 e. The Kier molecular flexibility index (Phi) is 20.8. The van der Waals surface area contributed by atoms with Gasteiger partial charge in [-0.05, 0) is 57.8 Å². The Morgan fingerprint density at radius 1 is 0.528 bits per heavy atom. The van der Waals surface area contributed by atoms with Crippen molar-refractivity contribution in [1.82, 2.24) is 0 Å². The summed E-state index contributed by atoms with van der Waals surface area (Å²) in [5.74, 6) is -1.22. The van der Waals surface area contributed by atoms with Crippen molar-refractivity contribution < 1.29 is 18.1 Å². The van der Waals surface area contributed by atoms with Gasteiger partial charge in [0.25, 0.3) is 0 Å². The minimum atomic E-state index is -2.75. The van der Waals surface area contributed by atoms with E-state index < -0.39 is 37.9 Å². The van der Waals surface area contributed by atoms with E-state index in [9.17, 15) is 4.79 Å². The predicted molar refractivity (Wildman–Crippen MR) is 160 cm³/mol. The van der Waals surface area contributed by atoms with E-state index in [1.807, 2.05) is 0 Å². The Balaban J connectivity index is 3.79. The SMILES string of the molecule is [2H]C([2H])(CCCCCCCCC/C=C\C/C=C\C/C=C\C/C=C\C/C=C\C/C=C\CC)C([2H])([2H])C([2H])([2H])CCC(=O)O. The van der Waals surface area contributed by atoms with Gasteiger partial charge in [0, 0.05) is 14.6 Å². The van der Waals surface area contributed by atoms with Crippen molar-refractivity contribution in [3.63, 3.8) is 0 Å². The van der Waals surface area contributed by atoms with Crippen LogP contribution in [0.1, 0.15) is 143 Å². The number of carboxylic acids is 1. The molecule has 0 unspecified atom stereocenters. The van der Waals surface area contributed by atoms with E-state index in [1.165, 1.54) is 0 Å². The molecule has 0 radical (unpaired) electrons. The number of aliphatic carboxylic acids is 1. The summed E-state index contributed by atoms with van der Waals surface area (Å²) in [5.41, 5.74) is 0. The van der Waals surface area contributed by atoms with E-state index >= 15 is 0 Å². The molecule has 0 rings (SSSR count). The first kappa shape index (κ1) is 24.3. The van der Waals surface area contributed by atoms with Crippen LogP contribution in [0.4, 0.5) is 0 Å². The van der Waals surface area contributed by atoms with Gasteiger partial charge in [0.15, 0.2) is 0 Å². The molecule has 1 N–H and O–H groups in total. The fourth-order valence-electron chi connectivity index (χ4n) is 3.36. The van der Waals surface area contributed by atoms with Crippen molar-refractivity contribution in [2.75, 3.05) is 0 Å². The number of rotatable bonds is 26. The number of carbonyl (C=O) groups is 1. The van der Waals surface area contributed by atoms with E-state index in [0.29, 0.717) is 6.42 Å². The Hall–Kier alpha value is -2.09. The van der Waals surface area contributed by atoms with Crippen molar-refractivity contribution >= 4 is 5.97 Å². The summed E-state index contributed by atoms with van der Waals surface area (Å²) in [4.78, 5) is 10.7. The van der Waals surface area contributed by atoms with Crippen molar-refractivity contribution in [1.29, 1.82) is 0 Å². The largest absolute Gasteiger partial charge is 0.481 e. The third kappa shape index (κ3) is 31.9. The molecule has 0 aromatic rings. The lowest BCUT2D eigenvalue weighted by atomic mass is 10.0. The van der Waals surface area contributed by atoms with Crippen molar-refractivity contribution in [2.45, 2.75) is 135 Å². The van der Waals surface area contributed by atoms with Crippen LogP contribution in [0.2, 0.25) is 0 Å². The Morgan fingerprint density at radius 3 is 1.39 bits per heavy atom. The zero-order valence-electron chi connectivity index (χ0n) is 28.8. The molecule has 0 saturated carbocycles. The smallest absolute Gasteiger partial charge is 0.303 e. The second-order valence-corrected chi connectivity index (χ2v) is 8.80. The van der Waals surface area contributed by atoms with Gasteiger partial charge in [-0.25, -0.2) is 0 Å². The van der Waals surface area contributed by atoms with Crippen LogP contribution < -0.4 is 0 Å². The summed E-state index contributed by atoms with van der Waals surface area (Å²) >= 11 is 0. The molecule has 2 nitrogen and oxygen atoms in total. The molecule has 0 fully saturated rings. The van der Waals surface area contributed by atoms with E-state index in [2.05, 4.69) is 79.8 Å². The second-order valence-electron chi connectivity index (χ2n) is 8.80. The molecule has 204 valence electrons. The second kappa shape index (κ2) is 30.9. The molecule has 0 atom stereocenters. The molecule has 0 aliphatic rings. The van der Waals surface area contributed by atoms with E-state index in [1.54, 1.807) is 0 Å². The molecule has 36 heavy (non-hydrogen) atoms. The molecule has 0 aromatic heterocycles. The van der Waals surface area contributed by atoms with Gasteiger partial charge in [-0.3, -0.25) is 4.79 Å². The highest BCUT2D eigenvalue weighted by Gasteiger charge is 1.97. The van der Waals surface area contributed by atoms with Gasteiger partial charge in [0.05, 0.1) is 0 Å². The highest BCUT2D eigenvalue weighted by Crippen LogP contribution is 2.13. The molecule has 0 bridgehead atoms. The van der Waals surface area contributed by atoms with Crippen molar-refractivity contribution in [2.24, 2.45) is 0 Å². The molecule has 0 saturated heterocycles. The van der Waals surface area contributed by atoms with Crippen LogP contribution in [-0.2, 0) is 4.79 Å². The van der Waals surface area contributed by atoms with Gasteiger partial charge in [-0.15, -0.1) is 0 Å².